The van der Waals surface area contributed by atoms with Gasteiger partial charge in [0.25, 0.3) is 0 Å². The Morgan fingerprint density at radius 3 is 2.71 bits per heavy atom. The van der Waals surface area contributed by atoms with Crippen molar-refractivity contribution in [1.29, 1.82) is 0 Å². The molecule has 0 saturated heterocycles. The third kappa shape index (κ3) is 4.82. The number of carbonyl (C=O) groups is 2. The van der Waals surface area contributed by atoms with E-state index in [9.17, 15) is 14.0 Å². The number of aliphatic carboxylic acids is 1. The van der Waals surface area contributed by atoms with Gasteiger partial charge in [-0.25, -0.2) is 4.39 Å². The zero-order chi connectivity index (χ0) is 12.8. The van der Waals surface area contributed by atoms with Gasteiger partial charge in [-0.3, -0.25) is 9.59 Å². The van der Waals surface area contributed by atoms with Crippen LogP contribution in [0.1, 0.15) is 19.3 Å². The van der Waals surface area contributed by atoms with E-state index in [-0.39, 0.29) is 30.0 Å². The SMILES string of the molecule is O=C(O)CCCC(=O)Nc1cc(F)ccc1Cl. The molecule has 17 heavy (non-hydrogen) atoms. The van der Waals surface area contributed by atoms with Gasteiger partial charge in [-0.1, -0.05) is 11.6 Å². The second-order valence-electron chi connectivity index (χ2n) is 3.42. The average molecular weight is 260 g/mol. The van der Waals surface area contributed by atoms with Crippen LogP contribution in [-0.4, -0.2) is 17.0 Å². The molecule has 1 rings (SSSR count). The van der Waals surface area contributed by atoms with Crippen molar-refractivity contribution in [3.63, 3.8) is 0 Å². The Morgan fingerprint density at radius 2 is 2.06 bits per heavy atom. The highest BCUT2D eigenvalue weighted by Gasteiger charge is 2.07. The fraction of sp³-hybridized carbons (Fsp3) is 0.273. The lowest BCUT2D eigenvalue weighted by Gasteiger charge is -2.06. The zero-order valence-corrected chi connectivity index (χ0v) is 9.63. The number of carboxylic acids is 1. The number of anilines is 1. The van der Waals surface area contributed by atoms with Crippen LogP contribution in [0.2, 0.25) is 5.02 Å². The predicted molar refractivity (Wildman–Crippen MR) is 61.5 cm³/mol. The summed E-state index contributed by atoms with van der Waals surface area (Å²) in [5.41, 5.74) is 0.187. The summed E-state index contributed by atoms with van der Waals surface area (Å²) in [6, 6.07) is 3.63. The molecule has 6 heteroatoms. The molecule has 4 nitrogen and oxygen atoms in total. The molecule has 0 aromatic heterocycles. The van der Waals surface area contributed by atoms with Crippen LogP contribution in [0.4, 0.5) is 10.1 Å². The van der Waals surface area contributed by atoms with Crippen molar-refractivity contribution in [2.24, 2.45) is 0 Å². The van der Waals surface area contributed by atoms with E-state index in [4.69, 9.17) is 16.7 Å². The highest BCUT2D eigenvalue weighted by atomic mass is 35.5. The first kappa shape index (κ1) is 13.4. The lowest BCUT2D eigenvalue weighted by Crippen LogP contribution is -2.12. The number of hydrogen-bond donors (Lipinski definition) is 2. The van der Waals surface area contributed by atoms with Crippen molar-refractivity contribution in [1.82, 2.24) is 0 Å². The van der Waals surface area contributed by atoms with Crippen LogP contribution < -0.4 is 5.32 Å². The Bertz CT molecular complexity index is 437. The number of benzene rings is 1. The quantitative estimate of drug-likeness (QED) is 0.854. The second-order valence-corrected chi connectivity index (χ2v) is 3.83. The molecule has 0 heterocycles. The van der Waals surface area contributed by atoms with Crippen molar-refractivity contribution in [2.75, 3.05) is 5.32 Å². The molecule has 1 amide bonds. The van der Waals surface area contributed by atoms with E-state index in [0.29, 0.717) is 0 Å². The van der Waals surface area contributed by atoms with Crippen LogP contribution in [0, 0.1) is 5.82 Å². The van der Waals surface area contributed by atoms with Crippen molar-refractivity contribution in [2.45, 2.75) is 19.3 Å². The second kappa shape index (κ2) is 6.20. The number of amides is 1. The summed E-state index contributed by atoms with van der Waals surface area (Å²) in [7, 11) is 0. The van der Waals surface area contributed by atoms with Crippen LogP contribution in [-0.2, 0) is 9.59 Å². The molecule has 1 aromatic carbocycles. The first-order valence-corrected chi connectivity index (χ1v) is 5.33. The summed E-state index contributed by atoms with van der Waals surface area (Å²) in [6.07, 6.45) is 0.206. The van der Waals surface area contributed by atoms with Gasteiger partial charge < -0.3 is 10.4 Å². The maximum absolute atomic E-state index is 12.9. The van der Waals surface area contributed by atoms with Crippen LogP contribution >= 0.6 is 11.6 Å². The largest absolute Gasteiger partial charge is 0.481 e. The minimum atomic E-state index is -0.957. The zero-order valence-electron chi connectivity index (χ0n) is 8.87. The Morgan fingerprint density at radius 1 is 1.35 bits per heavy atom. The minimum Gasteiger partial charge on any atom is -0.481 e. The van der Waals surface area contributed by atoms with Crippen molar-refractivity contribution < 1.29 is 19.1 Å². The maximum Gasteiger partial charge on any atom is 0.303 e. The molecular weight excluding hydrogens is 249 g/mol. The fourth-order valence-electron chi connectivity index (χ4n) is 1.21. The van der Waals surface area contributed by atoms with Gasteiger partial charge in [0.15, 0.2) is 0 Å². The van der Waals surface area contributed by atoms with E-state index in [1.54, 1.807) is 0 Å². The number of nitrogens with one attached hydrogen (secondary N) is 1. The van der Waals surface area contributed by atoms with Gasteiger partial charge in [0.1, 0.15) is 5.82 Å². The number of hydrogen-bond acceptors (Lipinski definition) is 2. The van der Waals surface area contributed by atoms with Gasteiger partial charge in [-0.05, 0) is 24.6 Å². The van der Waals surface area contributed by atoms with E-state index < -0.39 is 17.7 Å². The first-order chi connectivity index (χ1) is 7.99. The van der Waals surface area contributed by atoms with Gasteiger partial charge in [0.05, 0.1) is 10.7 Å². The third-order valence-electron chi connectivity index (χ3n) is 2.00. The van der Waals surface area contributed by atoms with Crippen molar-refractivity contribution in [3.05, 3.63) is 29.0 Å². The lowest BCUT2D eigenvalue weighted by molar-refractivity contribution is -0.137. The van der Waals surface area contributed by atoms with Gasteiger partial charge >= 0.3 is 5.97 Å². The fourth-order valence-corrected chi connectivity index (χ4v) is 1.37. The number of halogens is 2. The molecule has 0 aliphatic carbocycles. The van der Waals surface area contributed by atoms with Crippen LogP contribution in [0.5, 0.6) is 0 Å². The normalized spacial score (nSPS) is 10.0. The molecule has 0 bridgehead atoms. The van der Waals surface area contributed by atoms with Crippen molar-refractivity contribution in [3.8, 4) is 0 Å². The number of rotatable bonds is 5. The summed E-state index contributed by atoms with van der Waals surface area (Å²) >= 11 is 5.75. The molecule has 0 aliphatic rings. The summed E-state index contributed by atoms with van der Waals surface area (Å²) < 4.78 is 12.9. The third-order valence-corrected chi connectivity index (χ3v) is 2.33. The van der Waals surface area contributed by atoms with Gasteiger partial charge in [-0.15, -0.1) is 0 Å². The molecule has 0 fully saturated rings. The molecule has 92 valence electrons. The molecule has 0 aliphatic heterocycles. The Kier molecular flexibility index (Phi) is 4.90. The van der Waals surface area contributed by atoms with Crippen molar-refractivity contribution >= 4 is 29.2 Å². The highest BCUT2D eigenvalue weighted by molar-refractivity contribution is 6.33. The molecule has 0 saturated carbocycles. The van der Waals surface area contributed by atoms with E-state index in [0.717, 1.165) is 6.07 Å². The first-order valence-electron chi connectivity index (χ1n) is 4.95. The van der Waals surface area contributed by atoms with E-state index in [1.165, 1.54) is 12.1 Å². The monoisotopic (exact) mass is 259 g/mol. The summed E-state index contributed by atoms with van der Waals surface area (Å²) in [5.74, 6) is -1.85. The predicted octanol–water partition coefficient (Wildman–Crippen LogP) is 2.67. The average Bonchev–Trinajstić information content (AvgIpc) is 2.23. The van der Waals surface area contributed by atoms with E-state index in [1.807, 2.05) is 0 Å². The maximum atomic E-state index is 12.9. The smallest absolute Gasteiger partial charge is 0.303 e. The molecule has 0 unspecified atom stereocenters. The summed E-state index contributed by atoms with van der Waals surface area (Å²) in [6.45, 7) is 0. The minimum absolute atomic E-state index is 0.0547. The molecular formula is C11H11ClFNO3. The molecule has 0 atom stereocenters. The number of carbonyl (C=O) groups excluding carboxylic acids is 1. The molecule has 2 N–H and O–H groups in total. The molecule has 0 spiro atoms. The Hall–Kier alpha value is -1.62. The summed E-state index contributed by atoms with van der Waals surface area (Å²) in [5, 5.41) is 11.0. The van der Waals surface area contributed by atoms with Gasteiger partial charge in [0.2, 0.25) is 5.91 Å². The van der Waals surface area contributed by atoms with Crippen LogP contribution in [0.15, 0.2) is 18.2 Å². The van der Waals surface area contributed by atoms with E-state index in [2.05, 4.69) is 5.32 Å². The van der Waals surface area contributed by atoms with Gasteiger partial charge in [-0.2, -0.15) is 0 Å². The topological polar surface area (TPSA) is 66.4 Å². The van der Waals surface area contributed by atoms with E-state index >= 15 is 0 Å². The standard InChI is InChI=1S/C11H11ClFNO3/c12-8-5-4-7(13)6-9(8)14-10(15)2-1-3-11(16)17/h4-6H,1-3H2,(H,14,15)(H,16,17). The lowest BCUT2D eigenvalue weighted by atomic mass is 10.2. The molecule has 1 aromatic rings. The summed E-state index contributed by atoms with van der Waals surface area (Å²) in [4.78, 5) is 21.6. The molecule has 0 radical (unpaired) electrons. The number of carboxylic acid groups (broad SMARTS) is 1. The highest BCUT2D eigenvalue weighted by Crippen LogP contribution is 2.22. The Balaban J connectivity index is 2.50. The Labute approximate surface area is 102 Å². The van der Waals surface area contributed by atoms with Gasteiger partial charge in [0, 0.05) is 12.8 Å². The van der Waals surface area contributed by atoms with Crippen LogP contribution in [0.3, 0.4) is 0 Å². The van der Waals surface area contributed by atoms with Crippen LogP contribution in [0.25, 0.3) is 0 Å².